The molecule has 17 heavy (non-hydrogen) atoms. The highest BCUT2D eigenvalue weighted by molar-refractivity contribution is 5.86. The van der Waals surface area contributed by atoms with Crippen molar-refractivity contribution < 1.29 is 29.6 Å². The molecule has 6 nitrogen and oxygen atoms in total. The summed E-state index contributed by atoms with van der Waals surface area (Å²) in [5, 5.41) is 26.9. The highest BCUT2D eigenvalue weighted by Crippen LogP contribution is 2.40. The number of aliphatic hydroxyl groups excluding tert-OH is 2. The minimum atomic E-state index is -0.988. The van der Waals surface area contributed by atoms with Crippen molar-refractivity contribution in [2.75, 3.05) is 19.8 Å². The Morgan fingerprint density at radius 1 is 1.29 bits per heavy atom. The lowest BCUT2D eigenvalue weighted by atomic mass is 9.88. The number of ether oxygens (including phenoxy) is 1. The summed E-state index contributed by atoms with van der Waals surface area (Å²) >= 11 is 0. The topological polar surface area (TPSA) is 104 Å². The second kappa shape index (κ2) is 5.46. The standard InChI is InChI=1S/C11H18O6/c1-2-11(4-12,5-13)6-17-10(16)8-3-7(8)9(14)15/h7-8,12-13H,2-6H2,1H3,(H,14,15). The average Bonchev–Trinajstić information content (AvgIpc) is 3.11. The summed E-state index contributed by atoms with van der Waals surface area (Å²) in [6.45, 7) is 1.14. The maximum Gasteiger partial charge on any atom is 0.309 e. The van der Waals surface area contributed by atoms with Crippen molar-refractivity contribution in [1.82, 2.24) is 0 Å². The number of carbonyl (C=O) groups is 2. The molecular formula is C11H18O6. The summed E-state index contributed by atoms with van der Waals surface area (Å²) in [6, 6.07) is 0. The molecule has 0 radical (unpaired) electrons. The summed E-state index contributed by atoms with van der Waals surface area (Å²) < 4.78 is 4.96. The zero-order chi connectivity index (χ0) is 13.1. The van der Waals surface area contributed by atoms with Crippen molar-refractivity contribution in [3.05, 3.63) is 0 Å². The Morgan fingerprint density at radius 3 is 2.24 bits per heavy atom. The lowest BCUT2D eigenvalue weighted by Gasteiger charge is -2.27. The van der Waals surface area contributed by atoms with Gasteiger partial charge in [-0.1, -0.05) is 6.92 Å². The Bertz CT molecular complexity index is 288. The molecule has 1 rings (SSSR count). The second-order valence-corrected chi connectivity index (χ2v) is 4.56. The van der Waals surface area contributed by atoms with Gasteiger partial charge in [-0.2, -0.15) is 0 Å². The molecular weight excluding hydrogens is 228 g/mol. The number of carbonyl (C=O) groups excluding carboxylic acids is 1. The van der Waals surface area contributed by atoms with Crippen LogP contribution >= 0.6 is 0 Å². The van der Waals surface area contributed by atoms with Gasteiger partial charge in [0.15, 0.2) is 0 Å². The number of rotatable bonds is 7. The van der Waals surface area contributed by atoms with Gasteiger partial charge in [0.25, 0.3) is 0 Å². The maximum atomic E-state index is 11.5. The molecule has 6 heteroatoms. The first-order valence-electron chi connectivity index (χ1n) is 5.61. The van der Waals surface area contributed by atoms with E-state index in [1.165, 1.54) is 0 Å². The molecule has 1 fully saturated rings. The number of carboxylic acids is 1. The van der Waals surface area contributed by atoms with E-state index in [2.05, 4.69) is 0 Å². The fraction of sp³-hybridized carbons (Fsp3) is 0.818. The summed E-state index contributed by atoms with van der Waals surface area (Å²) in [7, 11) is 0. The molecule has 0 bridgehead atoms. The van der Waals surface area contributed by atoms with Crippen LogP contribution in [-0.4, -0.2) is 47.1 Å². The SMILES string of the molecule is CCC(CO)(CO)COC(=O)C1CC1C(=O)O. The molecule has 1 saturated carbocycles. The molecule has 0 aromatic heterocycles. The van der Waals surface area contributed by atoms with Gasteiger partial charge in [0.05, 0.1) is 30.5 Å². The normalized spacial score (nSPS) is 23.2. The van der Waals surface area contributed by atoms with Crippen LogP contribution in [0.4, 0.5) is 0 Å². The smallest absolute Gasteiger partial charge is 0.309 e. The van der Waals surface area contributed by atoms with E-state index in [-0.39, 0.29) is 19.8 Å². The van der Waals surface area contributed by atoms with Crippen LogP contribution in [0, 0.1) is 17.3 Å². The molecule has 98 valence electrons. The predicted octanol–water partition coefficient (Wildman–Crippen LogP) is -0.369. The minimum absolute atomic E-state index is 0.0851. The number of carboxylic acid groups (broad SMARTS) is 1. The molecule has 0 amide bonds. The van der Waals surface area contributed by atoms with Crippen LogP contribution in [0.5, 0.6) is 0 Å². The van der Waals surface area contributed by atoms with Gasteiger partial charge in [-0.25, -0.2) is 0 Å². The fourth-order valence-corrected chi connectivity index (χ4v) is 1.53. The van der Waals surface area contributed by atoms with Crippen molar-refractivity contribution in [2.24, 2.45) is 17.3 Å². The third-order valence-corrected chi connectivity index (χ3v) is 3.35. The third kappa shape index (κ3) is 3.17. The number of hydrogen-bond acceptors (Lipinski definition) is 5. The van der Waals surface area contributed by atoms with Crippen molar-refractivity contribution in [3.63, 3.8) is 0 Å². The van der Waals surface area contributed by atoms with Crippen molar-refractivity contribution in [3.8, 4) is 0 Å². The van der Waals surface area contributed by atoms with Crippen molar-refractivity contribution in [2.45, 2.75) is 19.8 Å². The molecule has 1 aliphatic rings. The van der Waals surface area contributed by atoms with Crippen molar-refractivity contribution >= 4 is 11.9 Å². The number of aliphatic carboxylic acids is 1. The van der Waals surface area contributed by atoms with Crippen LogP contribution in [0.1, 0.15) is 19.8 Å². The Hall–Kier alpha value is -1.14. The maximum absolute atomic E-state index is 11.5. The molecule has 2 unspecified atom stereocenters. The van der Waals surface area contributed by atoms with Crippen LogP contribution in [0.2, 0.25) is 0 Å². The van der Waals surface area contributed by atoms with Crippen LogP contribution in [0.25, 0.3) is 0 Å². The molecule has 1 aliphatic carbocycles. The molecule has 0 aliphatic heterocycles. The zero-order valence-electron chi connectivity index (χ0n) is 9.76. The van der Waals surface area contributed by atoms with Gasteiger partial charge in [0.1, 0.15) is 6.61 Å². The first-order valence-corrected chi connectivity index (χ1v) is 5.61. The molecule has 2 atom stereocenters. The van der Waals surface area contributed by atoms with Crippen LogP contribution < -0.4 is 0 Å². The molecule has 3 N–H and O–H groups in total. The summed E-state index contributed by atoms with van der Waals surface area (Å²) in [5.41, 5.74) is -0.830. The molecule has 0 aromatic carbocycles. The predicted molar refractivity (Wildman–Crippen MR) is 57.1 cm³/mol. The number of hydrogen-bond donors (Lipinski definition) is 3. The number of esters is 1. The van der Waals surface area contributed by atoms with Gasteiger partial charge >= 0.3 is 11.9 Å². The van der Waals surface area contributed by atoms with Gasteiger partial charge in [-0.15, -0.1) is 0 Å². The zero-order valence-corrected chi connectivity index (χ0v) is 9.76. The molecule has 0 saturated heterocycles. The monoisotopic (exact) mass is 246 g/mol. The Kier molecular flexibility index (Phi) is 4.47. The summed E-state index contributed by atoms with van der Waals surface area (Å²) in [4.78, 5) is 22.0. The van der Waals surface area contributed by atoms with E-state index in [1.807, 2.05) is 0 Å². The van der Waals surface area contributed by atoms with Gasteiger partial charge in [0.2, 0.25) is 0 Å². The highest BCUT2D eigenvalue weighted by Gasteiger charge is 2.49. The van der Waals surface area contributed by atoms with Gasteiger partial charge in [-0.3, -0.25) is 9.59 Å². The van der Waals surface area contributed by atoms with Crippen LogP contribution in [0.15, 0.2) is 0 Å². The van der Waals surface area contributed by atoms with Crippen molar-refractivity contribution in [1.29, 1.82) is 0 Å². The number of aliphatic hydroxyl groups is 2. The quantitative estimate of drug-likeness (QED) is 0.529. The summed E-state index contributed by atoms with van der Waals surface area (Å²) in [6.07, 6.45) is 0.784. The average molecular weight is 246 g/mol. The minimum Gasteiger partial charge on any atom is -0.481 e. The van der Waals surface area contributed by atoms with E-state index in [0.29, 0.717) is 12.8 Å². The molecule has 0 spiro atoms. The fourth-order valence-electron chi connectivity index (χ4n) is 1.53. The van der Waals surface area contributed by atoms with E-state index in [1.54, 1.807) is 6.92 Å². The van der Waals surface area contributed by atoms with Crippen LogP contribution in [0.3, 0.4) is 0 Å². The molecule has 0 aromatic rings. The Morgan fingerprint density at radius 2 is 1.88 bits per heavy atom. The lowest BCUT2D eigenvalue weighted by Crippen LogP contribution is -2.35. The van der Waals surface area contributed by atoms with Gasteiger partial charge in [-0.05, 0) is 12.8 Å². The van der Waals surface area contributed by atoms with Crippen LogP contribution in [-0.2, 0) is 14.3 Å². The Labute approximate surface area is 99.2 Å². The van der Waals surface area contributed by atoms with E-state index in [9.17, 15) is 9.59 Å². The highest BCUT2D eigenvalue weighted by atomic mass is 16.5. The molecule has 0 heterocycles. The van der Waals surface area contributed by atoms with E-state index >= 15 is 0 Å². The van der Waals surface area contributed by atoms with E-state index in [0.717, 1.165) is 0 Å². The van der Waals surface area contributed by atoms with Gasteiger partial charge in [0, 0.05) is 0 Å². The third-order valence-electron chi connectivity index (χ3n) is 3.35. The Balaban J connectivity index is 2.41. The largest absolute Gasteiger partial charge is 0.481 e. The first-order chi connectivity index (χ1) is 7.99. The van der Waals surface area contributed by atoms with E-state index < -0.39 is 29.2 Å². The first kappa shape index (κ1) is 13.9. The second-order valence-electron chi connectivity index (χ2n) is 4.56. The lowest BCUT2D eigenvalue weighted by molar-refractivity contribution is -0.153. The van der Waals surface area contributed by atoms with Gasteiger partial charge < -0.3 is 20.1 Å². The summed E-state index contributed by atoms with van der Waals surface area (Å²) in [5.74, 6) is -2.75. The van der Waals surface area contributed by atoms with E-state index in [4.69, 9.17) is 20.1 Å².